The smallest absolute Gasteiger partial charge is 0.235 e. The number of hydrogen-bond donors (Lipinski definition) is 3. The van der Waals surface area contributed by atoms with Crippen LogP contribution in [0.5, 0.6) is 5.75 Å². The van der Waals surface area contributed by atoms with E-state index in [1.54, 1.807) is 12.1 Å². The van der Waals surface area contributed by atoms with Gasteiger partial charge < -0.3 is 10.4 Å². The van der Waals surface area contributed by atoms with Gasteiger partial charge in [0.25, 0.3) is 0 Å². The number of carbonyl (C=O) groups excluding carboxylic acids is 2. The average Bonchev–Trinajstić information content (AvgIpc) is 2.70. The molecule has 0 bridgehead atoms. The lowest BCUT2D eigenvalue weighted by Crippen LogP contribution is -2.14. The summed E-state index contributed by atoms with van der Waals surface area (Å²) >= 11 is 3.15. The topological polar surface area (TPSA) is 78.4 Å². The predicted molar refractivity (Wildman–Crippen MR) is 62.2 cm³/mol. The summed E-state index contributed by atoms with van der Waals surface area (Å²) in [5, 5.41) is 14.4. The lowest BCUT2D eigenvalue weighted by Gasteiger charge is -1.95. The molecule has 1 amide bonds. The molecule has 0 spiro atoms. The van der Waals surface area contributed by atoms with Crippen molar-refractivity contribution in [2.45, 2.75) is 0 Å². The first-order valence-corrected chi connectivity index (χ1v) is 5.34. The first-order valence-electron chi connectivity index (χ1n) is 4.54. The van der Waals surface area contributed by atoms with Gasteiger partial charge in [0, 0.05) is 4.47 Å². The van der Waals surface area contributed by atoms with Gasteiger partial charge in [-0.1, -0.05) is 15.9 Å². The van der Waals surface area contributed by atoms with Crippen molar-refractivity contribution in [1.82, 2.24) is 10.6 Å². The van der Waals surface area contributed by atoms with E-state index in [0.29, 0.717) is 25.1 Å². The molecule has 1 heterocycles. The van der Waals surface area contributed by atoms with Crippen molar-refractivity contribution < 1.29 is 14.7 Å². The molecule has 0 atom stereocenters. The summed E-state index contributed by atoms with van der Waals surface area (Å²) in [6, 6.07) is 4.72. The normalized spacial score (nSPS) is 13.7. The van der Waals surface area contributed by atoms with Crippen molar-refractivity contribution >= 4 is 28.1 Å². The molecule has 5 nitrogen and oxygen atoms in total. The largest absolute Gasteiger partial charge is 0.507 e. The highest BCUT2D eigenvalue weighted by molar-refractivity contribution is 9.10. The summed E-state index contributed by atoms with van der Waals surface area (Å²) in [7, 11) is 0. The van der Waals surface area contributed by atoms with Gasteiger partial charge in [-0.05, 0) is 18.2 Å². The second-order valence-corrected chi connectivity index (χ2v) is 3.94. The molecule has 0 aliphatic carbocycles. The van der Waals surface area contributed by atoms with Crippen LogP contribution in [0.15, 0.2) is 22.7 Å². The summed E-state index contributed by atoms with van der Waals surface area (Å²) in [6.45, 7) is 1.12. The number of amides is 1. The molecule has 1 aromatic carbocycles. The first-order chi connectivity index (χ1) is 7.63. The van der Waals surface area contributed by atoms with Crippen LogP contribution >= 0.6 is 15.9 Å². The van der Waals surface area contributed by atoms with Crippen LogP contribution in [0.1, 0.15) is 10.4 Å². The Morgan fingerprint density at radius 3 is 2.56 bits per heavy atom. The minimum absolute atomic E-state index is 0.00405. The van der Waals surface area contributed by atoms with Gasteiger partial charge in [0.2, 0.25) is 5.91 Å². The van der Waals surface area contributed by atoms with Crippen LogP contribution in [0, 0.1) is 0 Å². The fourth-order valence-corrected chi connectivity index (χ4v) is 1.37. The van der Waals surface area contributed by atoms with Crippen molar-refractivity contribution in [2.75, 3.05) is 13.2 Å². The number of halogens is 1. The second kappa shape index (κ2) is 6.24. The minimum Gasteiger partial charge on any atom is -0.507 e. The molecule has 1 saturated heterocycles. The fraction of sp³-hybridized carbons (Fsp3) is 0.200. The number of nitrogens with one attached hydrogen (secondary N) is 2. The third-order valence-electron chi connectivity index (χ3n) is 1.82. The fourth-order valence-electron chi connectivity index (χ4n) is 1.02. The van der Waals surface area contributed by atoms with Gasteiger partial charge in [-0.3, -0.25) is 14.9 Å². The van der Waals surface area contributed by atoms with Crippen LogP contribution in [-0.2, 0) is 4.79 Å². The number of rotatable bonds is 1. The van der Waals surface area contributed by atoms with Gasteiger partial charge in [-0.25, -0.2) is 0 Å². The van der Waals surface area contributed by atoms with E-state index in [2.05, 4.69) is 26.6 Å². The zero-order valence-electron chi connectivity index (χ0n) is 8.37. The van der Waals surface area contributed by atoms with Crippen molar-refractivity contribution in [1.29, 1.82) is 0 Å². The van der Waals surface area contributed by atoms with E-state index in [0.717, 1.165) is 4.47 Å². The number of hydrogen-bond acceptors (Lipinski definition) is 4. The maximum Gasteiger partial charge on any atom is 0.235 e. The van der Waals surface area contributed by atoms with Gasteiger partial charge >= 0.3 is 0 Å². The zero-order valence-corrected chi connectivity index (χ0v) is 9.95. The quantitative estimate of drug-likeness (QED) is 0.662. The van der Waals surface area contributed by atoms with E-state index in [1.807, 2.05) is 0 Å². The Kier molecular flexibility index (Phi) is 4.94. The molecule has 3 N–H and O–H groups in total. The summed E-state index contributed by atoms with van der Waals surface area (Å²) in [6.07, 6.45) is 0.613. The number of benzene rings is 1. The van der Waals surface area contributed by atoms with E-state index in [-0.39, 0.29) is 11.7 Å². The van der Waals surface area contributed by atoms with Crippen LogP contribution in [0.3, 0.4) is 0 Å². The van der Waals surface area contributed by atoms with E-state index >= 15 is 0 Å². The van der Waals surface area contributed by atoms with E-state index in [9.17, 15) is 9.59 Å². The highest BCUT2D eigenvalue weighted by Crippen LogP contribution is 2.20. The number of phenolic OH excluding ortho intramolecular Hbond substituents is 1. The summed E-state index contributed by atoms with van der Waals surface area (Å²) in [5.74, 6) is 0.0966. The molecule has 0 aromatic heterocycles. The molecule has 0 radical (unpaired) electrons. The van der Waals surface area contributed by atoms with Gasteiger partial charge in [-0.2, -0.15) is 0 Å². The minimum atomic E-state index is 0.00405. The molecule has 1 fully saturated rings. The van der Waals surface area contributed by atoms with Crippen LogP contribution in [0.4, 0.5) is 0 Å². The standard InChI is InChI=1S/C7H5BrO2.C3H6N2O/c8-6-2-1-5(4-9)7(10)3-6;6-3-1-4-2-5-3/h1-4,10H;4H,1-2H2,(H,5,6). The highest BCUT2D eigenvalue weighted by atomic mass is 79.9. The maximum atomic E-state index is 10.2. The molecule has 0 unspecified atom stereocenters. The Morgan fingerprint density at radius 2 is 2.19 bits per heavy atom. The van der Waals surface area contributed by atoms with Crippen LogP contribution in [-0.4, -0.2) is 30.5 Å². The van der Waals surface area contributed by atoms with E-state index in [1.165, 1.54) is 6.07 Å². The molecule has 1 aliphatic rings. The molecular formula is C10H11BrN2O3. The van der Waals surface area contributed by atoms with Gasteiger partial charge in [-0.15, -0.1) is 0 Å². The molecule has 2 rings (SSSR count). The molecule has 1 aliphatic heterocycles. The van der Waals surface area contributed by atoms with E-state index in [4.69, 9.17) is 5.11 Å². The Balaban J connectivity index is 0.000000181. The summed E-state index contributed by atoms with van der Waals surface area (Å²) < 4.78 is 0.760. The number of phenols is 1. The van der Waals surface area contributed by atoms with Crippen molar-refractivity contribution in [2.24, 2.45) is 0 Å². The molecule has 0 saturated carbocycles. The molecular weight excluding hydrogens is 276 g/mol. The Morgan fingerprint density at radius 1 is 1.44 bits per heavy atom. The van der Waals surface area contributed by atoms with E-state index < -0.39 is 0 Å². The zero-order chi connectivity index (χ0) is 12.0. The maximum absolute atomic E-state index is 10.2. The molecule has 86 valence electrons. The van der Waals surface area contributed by atoms with Gasteiger partial charge in [0.05, 0.1) is 18.8 Å². The molecule has 1 aromatic rings. The van der Waals surface area contributed by atoms with Gasteiger partial charge in [0.1, 0.15) is 5.75 Å². The Labute approximate surface area is 101 Å². The average molecular weight is 287 g/mol. The lowest BCUT2D eigenvalue weighted by atomic mass is 10.2. The third-order valence-corrected chi connectivity index (χ3v) is 2.31. The molecule has 6 heteroatoms. The third kappa shape index (κ3) is 4.00. The van der Waals surface area contributed by atoms with Crippen molar-refractivity contribution in [3.63, 3.8) is 0 Å². The Hall–Kier alpha value is -1.40. The highest BCUT2D eigenvalue weighted by Gasteiger charge is 2.03. The first kappa shape index (κ1) is 12.7. The summed E-state index contributed by atoms with van der Waals surface area (Å²) in [5.41, 5.74) is 0.309. The van der Waals surface area contributed by atoms with Crippen molar-refractivity contribution in [3.05, 3.63) is 28.2 Å². The van der Waals surface area contributed by atoms with Gasteiger partial charge in [0.15, 0.2) is 6.29 Å². The van der Waals surface area contributed by atoms with Crippen molar-refractivity contribution in [3.8, 4) is 5.75 Å². The Bertz CT molecular complexity index is 388. The van der Waals surface area contributed by atoms with Crippen LogP contribution < -0.4 is 10.6 Å². The van der Waals surface area contributed by atoms with Crippen LogP contribution in [0.2, 0.25) is 0 Å². The SMILES string of the molecule is O=C1CNCN1.O=Cc1ccc(Br)cc1O. The second-order valence-electron chi connectivity index (χ2n) is 3.02. The predicted octanol–water partition coefficient (Wildman–Crippen LogP) is 0.631. The summed E-state index contributed by atoms with van der Waals surface area (Å²) in [4.78, 5) is 20.2. The number of aldehydes is 1. The number of carbonyl (C=O) groups is 2. The number of aromatic hydroxyl groups is 1. The lowest BCUT2D eigenvalue weighted by molar-refractivity contribution is -0.118. The van der Waals surface area contributed by atoms with Crippen LogP contribution in [0.25, 0.3) is 0 Å². The molecule has 16 heavy (non-hydrogen) atoms. The monoisotopic (exact) mass is 286 g/mol.